The molecule has 1 aromatic heterocycles. The highest BCUT2D eigenvalue weighted by Crippen LogP contribution is 2.30. The van der Waals surface area contributed by atoms with Gasteiger partial charge in [0.1, 0.15) is 5.75 Å². The van der Waals surface area contributed by atoms with Crippen LogP contribution >= 0.6 is 0 Å². The molecule has 1 N–H and O–H groups in total. The van der Waals surface area contributed by atoms with Gasteiger partial charge in [-0.15, -0.1) is 0 Å². The van der Waals surface area contributed by atoms with Gasteiger partial charge in [0.25, 0.3) is 5.91 Å². The number of piperazine rings is 1. The fourth-order valence-corrected chi connectivity index (χ4v) is 3.70. The van der Waals surface area contributed by atoms with E-state index >= 15 is 0 Å². The second-order valence-corrected chi connectivity index (χ2v) is 6.48. The van der Waals surface area contributed by atoms with Crippen molar-refractivity contribution in [3.63, 3.8) is 0 Å². The molecule has 6 nitrogen and oxygen atoms in total. The molecule has 2 saturated heterocycles. The minimum atomic E-state index is -0.223. The minimum Gasteiger partial charge on any atom is -0.505 e. The summed E-state index contributed by atoms with van der Waals surface area (Å²) in [6.07, 6.45) is 1.53. The second kappa shape index (κ2) is 6.82. The molecule has 3 heterocycles. The van der Waals surface area contributed by atoms with Crippen molar-refractivity contribution in [1.29, 1.82) is 0 Å². The van der Waals surface area contributed by atoms with Crippen LogP contribution in [0.15, 0.2) is 48.7 Å². The monoisotopic (exact) mass is 339 g/mol. The molecule has 130 valence electrons. The first-order valence-electron chi connectivity index (χ1n) is 8.56. The standard InChI is InChI=1S/C19H21N3O3/c23-17-7-4-8-20-18(17)19(24)21-9-10-22-15(11-21)12-25-13-16(22)14-5-2-1-3-6-14/h1-8,15-16,23H,9-13H2/t15-,16-/m1/s1. The number of amides is 1. The maximum atomic E-state index is 12.7. The first-order valence-corrected chi connectivity index (χ1v) is 8.56. The Morgan fingerprint density at radius 1 is 1.12 bits per heavy atom. The Hall–Kier alpha value is -2.44. The van der Waals surface area contributed by atoms with E-state index in [1.165, 1.54) is 17.8 Å². The minimum absolute atomic E-state index is 0.0722. The first kappa shape index (κ1) is 16.1. The topological polar surface area (TPSA) is 65.9 Å². The number of carbonyl (C=O) groups excluding carboxylic acids is 1. The normalized spacial score (nSPS) is 23.9. The van der Waals surface area contributed by atoms with Crippen LogP contribution in [0.2, 0.25) is 0 Å². The van der Waals surface area contributed by atoms with Crippen molar-refractivity contribution in [2.24, 2.45) is 0 Å². The highest BCUT2D eigenvalue weighted by Gasteiger charge is 2.38. The number of benzene rings is 1. The van der Waals surface area contributed by atoms with Crippen molar-refractivity contribution in [1.82, 2.24) is 14.8 Å². The molecule has 0 aliphatic carbocycles. The average molecular weight is 339 g/mol. The molecule has 0 radical (unpaired) electrons. The molecule has 2 aliphatic heterocycles. The molecule has 0 bridgehead atoms. The van der Waals surface area contributed by atoms with Crippen molar-refractivity contribution in [3.8, 4) is 5.75 Å². The predicted octanol–water partition coefficient (Wildman–Crippen LogP) is 1.69. The molecule has 25 heavy (non-hydrogen) atoms. The number of aromatic hydroxyl groups is 1. The summed E-state index contributed by atoms with van der Waals surface area (Å²) in [5.74, 6) is -0.295. The van der Waals surface area contributed by atoms with Crippen LogP contribution in [0.1, 0.15) is 22.1 Å². The molecule has 1 aromatic carbocycles. The Morgan fingerprint density at radius 2 is 1.96 bits per heavy atom. The van der Waals surface area contributed by atoms with Crippen molar-refractivity contribution >= 4 is 5.91 Å². The number of ether oxygens (including phenoxy) is 1. The third kappa shape index (κ3) is 3.10. The van der Waals surface area contributed by atoms with Gasteiger partial charge in [-0.05, 0) is 17.7 Å². The second-order valence-electron chi connectivity index (χ2n) is 6.48. The van der Waals surface area contributed by atoms with Gasteiger partial charge in [-0.25, -0.2) is 4.98 Å². The van der Waals surface area contributed by atoms with E-state index in [4.69, 9.17) is 4.74 Å². The zero-order valence-corrected chi connectivity index (χ0v) is 13.9. The van der Waals surface area contributed by atoms with Crippen molar-refractivity contribution in [3.05, 3.63) is 59.9 Å². The molecule has 0 saturated carbocycles. The van der Waals surface area contributed by atoms with E-state index < -0.39 is 0 Å². The predicted molar refractivity (Wildman–Crippen MR) is 92.3 cm³/mol. The maximum Gasteiger partial charge on any atom is 0.276 e. The van der Waals surface area contributed by atoms with Gasteiger partial charge in [0.15, 0.2) is 5.69 Å². The van der Waals surface area contributed by atoms with Crippen molar-refractivity contribution in [2.75, 3.05) is 32.8 Å². The number of hydrogen-bond donors (Lipinski definition) is 1. The molecule has 6 heteroatoms. The fraction of sp³-hybridized carbons (Fsp3) is 0.368. The summed E-state index contributed by atoms with van der Waals surface area (Å²) >= 11 is 0. The summed E-state index contributed by atoms with van der Waals surface area (Å²) in [5, 5.41) is 9.89. The van der Waals surface area contributed by atoms with Gasteiger partial charge in [0.05, 0.1) is 25.3 Å². The molecule has 2 aliphatic rings. The Labute approximate surface area is 146 Å². The molecule has 0 unspecified atom stereocenters. The third-order valence-electron chi connectivity index (χ3n) is 4.98. The van der Waals surface area contributed by atoms with Crippen LogP contribution in [-0.2, 0) is 4.74 Å². The lowest BCUT2D eigenvalue weighted by Gasteiger charge is -2.48. The number of carbonyl (C=O) groups is 1. The third-order valence-corrected chi connectivity index (χ3v) is 4.98. The van der Waals surface area contributed by atoms with Crippen LogP contribution in [-0.4, -0.2) is 64.7 Å². The Kier molecular flexibility index (Phi) is 4.38. The molecule has 1 amide bonds. The van der Waals surface area contributed by atoms with E-state index in [2.05, 4.69) is 22.0 Å². The van der Waals surface area contributed by atoms with E-state index in [0.717, 1.165) is 6.54 Å². The summed E-state index contributed by atoms with van der Waals surface area (Å²) in [7, 11) is 0. The van der Waals surface area contributed by atoms with Crippen molar-refractivity contribution < 1.29 is 14.6 Å². The van der Waals surface area contributed by atoms with Gasteiger partial charge in [-0.1, -0.05) is 30.3 Å². The Balaban J connectivity index is 1.50. The quantitative estimate of drug-likeness (QED) is 0.902. The van der Waals surface area contributed by atoms with Gasteiger partial charge >= 0.3 is 0 Å². The van der Waals surface area contributed by atoms with E-state index in [1.807, 2.05) is 18.2 Å². The number of aromatic nitrogens is 1. The molecule has 4 rings (SSSR count). The maximum absolute atomic E-state index is 12.7. The lowest BCUT2D eigenvalue weighted by atomic mass is 10.00. The lowest BCUT2D eigenvalue weighted by Crippen LogP contribution is -2.60. The Bertz CT molecular complexity index is 753. The Morgan fingerprint density at radius 3 is 2.76 bits per heavy atom. The smallest absolute Gasteiger partial charge is 0.276 e. The van der Waals surface area contributed by atoms with E-state index in [9.17, 15) is 9.90 Å². The molecule has 2 aromatic rings. The zero-order valence-electron chi connectivity index (χ0n) is 13.9. The van der Waals surface area contributed by atoms with Crippen LogP contribution in [0.4, 0.5) is 0 Å². The van der Waals surface area contributed by atoms with Gasteiger partial charge in [0.2, 0.25) is 0 Å². The summed E-state index contributed by atoms with van der Waals surface area (Å²) in [5.41, 5.74) is 1.36. The van der Waals surface area contributed by atoms with E-state index in [-0.39, 0.29) is 29.4 Å². The lowest BCUT2D eigenvalue weighted by molar-refractivity contribution is -0.0771. The van der Waals surface area contributed by atoms with Gasteiger partial charge < -0.3 is 14.7 Å². The number of nitrogens with zero attached hydrogens (tertiary/aromatic N) is 3. The van der Waals surface area contributed by atoms with Gasteiger partial charge in [-0.2, -0.15) is 0 Å². The number of fused-ring (bicyclic) bond motifs is 1. The van der Waals surface area contributed by atoms with E-state index in [1.54, 1.807) is 11.0 Å². The molecule has 2 atom stereocenters. The van der Waals surface area contributed by atoms with Crippen molar-refractivity contribution in [2.45, 2.75) is 12.1 Å². The largest absolute Gasteiger partial charge is 0.505 e. The summed E-state index contributed by atoms with van der Waals surface area (Å²) < 4.78 is 5.82. The average Bonchev–Trinajstić information content (AvgIpc) is 2.67. The van der Waals surface area contributed by atoms with Gasteiger partial charge in [0, 0.05) is 25.8 Å². The number of morpholine rings is 1. The number of rotatable bonds is 2. The fourth-order valence-electron chi connectivity index (χ4n) is 3.70. The summed E-state index contributed by atoms with van der Waals surface area (Å²) in [6.45, 7) is 3.27. The SMILES string of the molecule is O=C(c1ncccc1O)N1CCN2[C@@H](COC[C@@H]2c2ccccc2)C1. The molecule has 2 fully saturated rings. The van der Waals surface area contributed by atoms with Crippen LogP contribution in [0.25, 0.3) is 0 Å². The number of hydrogen-bond acceptors (Lipinski definition) is 5. The number of pyridine rings is 1. The van der Waals surface area contributed by atoms with Crippen LogP contribution in [0, 0.1) is 0 Å². The highest BCUT2D eigenvalue weighted by atomic mass is 16.5. The van der Waals surface area contributed by atoms with Crippen LogP contribution in [0.5, 0.6) is 5.75 Å². The molecular formula is C19H21N3O3. The zero-order chi connectivity index (χ0) is 17.2. The van der Waals surface area contributed by atoms with Crippen LogP contribution in [0.3, 0.4) is 0 Å². The molecular weight excluding hydrogens is 318 g/mol. The first-order chi connectivity index (χ1) is 12.2. The summed E-state index contributed by atoms with van der Waals surface area (Å²) in [6, 6.07) is 13.8. The van der Waals surface area contributed by atoms with Gasteiger partial charge in [-0.3, -0.25) is 9.69 Å². The summed E-state index contributed by atoms with van der Waals surface area (Å²) in [4.78, 5) is 20.9. The molecule has 0 spiro atoms. The highest BCUT2D eigenvalue weighted by molar-refractivity contribution is 5.94. The van der Waals surface area contributed by atoms with E-state index in [0.29, 0.717) is 26.3 Å². The van der Waals surface area contributed by atoms with Crippen LogP contribution < -0.4 is 0 Å².